The van der Waals surface area contributed by atoms with Crippen LogP contribution in [0, 0.1) is 11.7 Å². The van der Waals surface area contributed by atoms with Crippen molar-refractivity contribution in [3.05, 3.63) is 98.7 Å². The van der Waals surface area contributed by atoms with Crippen molar-refractivity contribution < 1.29 is 18.7 Å². The Morgan fingerprint density at radius 1 is 1.11 bits per heavy atom. The quantitative estimate of drug-likeness (QED) is 0.259. The molecule has 0 heterocycles. The lowest BCUT2D eigenvalue weighted by molar-refractivity contribution is -0.123. The zero-order valence-electron chi connectivity index (χ0n) is 19.1. The largest absolute Gasteiger partial charge is 0.488 e. The van der Waals surface area contributed by atoms with Gasteiger partial charge in [0.25, 0.3) is 11.8 Å². The van der Waals surface area contributed by atoms with Crippen LogP contribution < -0.4 is 15.5 Å². The van der Waals surface area contributed by atoms with Gasteiger partial charge in [0.05, 0.1) is 6.21 Å². The maximum absolute atomic E-state index is 13.1. The molecule has 182 valence electrons. The van der Waals surface area contributed by atoms with Crippen LogP contribution in [0.15, 0.2) is 76.3 Å². The van der Waals surface area contributed by atoms with Crippen LogP contribution in [0.25, 0.3) is 0 Å². The first-order valence-corrected chi connectivity index (χ1v) is 12.0. The van der Waals surface area contributed by atoms with E-state index in [0.717, 1.165) is 10.0 Å². The van der Waals surface area contributed by atoms with Gasteiger partial charge in [-0.1, -0.05) is 59.6 Å². The van der Waals surface area contributed by atoms with Crippen molar-refractivity contribution in [2.24, 2.45) is 11.0 Å². The van der Waals surface area contributed by atoms with E-state index in [-0.39, 0.29) is 18.1 Å². The van der Waals surface area contributed by atoms with E-state index >= 15 is 0 Å². The van der Waals surface area contributed by atoms with Gasteiger partial charge in [0.1, 0.15) is 24.2 Å². The number of hydrogen-bond acceptors (Lipinski definition) is 4. The molecule has 0 radical (unpaired) electrons. The minimum atomic E-state index is -0.844. The van der Waals surface area contributed by atoms with Crippen LogP contribution in [0.3, 0.4) is 0 Å². The Morgan fingerprint density at radius 2 is 1.83 bits per heavy atom. The van der Waals surface area contributed by atoms with Crippen LogP contribution in [-0.4, -0.2) is 24.1 Å². The summed E-state index contributed by atoms with van der Waals surface area (Å²) in [6.45, 7) is 3.86. The zero-order chi connectivity index (χ0) is 25.4. The number of hydrazone groups is 1. The first-order valence-electron chi connectivity index (χ1n) is 10.8. The lowest BCUT2D eigenvalue weighted by Gasteiger charge is -2.20. The van der Waals surface area contributed by atoms with Gasteiger partial charge < -0.3 is 10.1 Å². The van der Waals surface area contributed by atoms with Crippen molar-refractivity contribution in [3.63, 3.8) is 0 Å². The summed E-state index contributed by atoms with van der Waals surface area (Å²) >= 11 is 9.63. The predicted molar refractivity (Wildman–Crippen MR) is 138 cm³/mol. The van der Waals surface area contributed by atoms with Crippen LogP contribution in [0.2, 0.25) is 5.02 Å². The predicted octanol–water partition coefficient (Wildman–Crippen LogP) is 5.73. The van der Waals surface area contributed by atoms with E-state index in [4.69, 9.17) is 16.3 Å². The molecule has 0 bridgehead atoms. The van der Waals surface area contributed by atoms with Gasteiger partial charge in [-0.2, -0.15) is 5.10 Å². The maximum atomic E-state index is 13.1. The zero-order valence-corrected chi connectivity index (χ0v) is 21.4. The van der Waals surface area contributed by atoms with Gasteiger partial charge in [0.2, 0.25) is 0 Å². The first-order chi connectivity index (χ1) is 16.7. The Kier molecular flexibility index (Phi) is 9.39. The van der Waals surface area contributed by atoms with Crippen molar-refractivity contribution in [2.75, 3.05) is 0 Å². The van der Waals surface area contributed by atoms with Crippen LogP contribution in [0.4, 0.5) is 4.39 Å². The SMILES string of the molecule is CC(C)C(NC(=O)c1ccc(F)cc1)C(=O)NN=Cc1cc(Br)ccc1OCc1ccccc1Cl. The third kappa shape index (κ3) is 7.63. The molecule has 3 aromatic carbocycles. The molecule has 0 aliphatic rings. The van der Waals surface area contributed by atoms with E-state index < -0.39 is 23.7 Å². The van der Waals surface area contributed by atoms with Crippen LogP contribution in [-0.2, 0) is 11.4 Å². The van der Waals surface area contributed by atoms with E-state index in [1.165, 1.54) is 30.5 Å². The summed E-state index contributed by atoms with van der Waals surface area (Å²) < 4.78 is 19.9. The number of nitrogens with one attached hydrogen (secondary N) is 2. The second-order valence-corrected chi connectivity index (χ2v) is 9.32. The van der Waals surface area contributed by atoms with Gasteiger partial charge in [0.15, 0.2) is 0 Å². The molecule has 0 spiro atoms. The fraction of sp³-hybridized carbons (Fsp3) is 0.192. The molecule has 0 aliphatic carbocycles. The van der Waals surface area contributed by atoms with E-state index in [1.54, 1.807) is 32.0 Å². The van der Waals surface area contributed by atoms with Gasteiger partial charge in [-0.3, -0.25) is 9.59 Å². The fourth-order valence-electron chi connectivity index (χ4n) is 3.12. The van der Waals surface area contributed by atoms with Crippen molar-refractivity contribution in [2.45, 2.75) is 26.5 Å². The number of benzene rings is 3. The highest BCUT2D eigenvalue weighted by Gasteiger charge is 2.24. The highest BCUT2D eigenvalue weighted by atomic mass is 79.9. The monoisotopic (exact) mass is 559 g/mol. The van der Waals surface area contributed by atoms with Gasteiger partial charge in [-0.05, 0) is 54.4 Å². The molecule has 0 aliphatic heterocycles. The number of hydrogen-bond donors (Lipinski definition) is 2. The van der Waals surface area contributed by atoms with Gasteiger partial charge in [-0.25, -0.2) is 9.82 Å². The number of carbonyl (C=O) groups excluding carboxylic acids is 2. The first kappa shape index (κ1) is 26.4. The molecule has 6 nitrogen and oxygen atoms in total. The molecule has 1 atom stereocenters. The van der Waals surface area contributed by atoms with E-state index in [2.05, 4.69) is 31.8 Å². The third-order valence-corrected chi connectivity index (χ3v) is 5.90. The molecule has 0 aromatic heterocycles. The molecular weight excluding hydrogens is 537 g/mol. The summed E-state index contributed by atoms with van der Waals surface area (Å²) in [5, 5.41) is 7.34. The minimum absolute atomic E-state index is 0.213. The molecule has 0 fully saturated rings. The van der Waals surface area contributed by atoms with E-state index in [1.807, 2.05) is 24.3 Å². The number of nitrogens with zero attached hydrogens (tertiary/aromatic N) is 1. The molecule has 9 heteroatoms. The average molecular weight is 561 g/mol. The van der Waals surface area contributed by atoms with Gasteiger partial charge in [-0.15, -0.1) is 0 Å². The average Bonchev–Trinajstić information content (AvgIpc) is 2.83. The molecular formula is C26H24BrClFN3O3. The number of carbonyl (C=O) groups is 2. The molecule has 2 amide bonds. The molecule has 1 unspecified atom stereocenters. The summed E-state index contributed by atoms with van der Waals surface area (Å²) in [6.07, 6.45) is 1.46. The van der Waals surface area contributed by atoms with Gasteiger partial charge >= 0.3 is 0 Å². The highest BCUT2D eigenvalue weighted by Crippen LogP contribution is 2.24. The topological polar surface area (TPSA) is 79.8 Å². The smallest absolute Gasteiger partial charge is 0.262 e. The van der Waals surface area contributed by atoms with Crippen LogP contribution >= 0.6 is 27.5 Å². The number of halogens is 3. The number of amides is 2. The highest BCUT2D eigenvalue weighted by molar-refractivity contribution is 9.10. The Hall–Kier alpha value is -3.23. The molecule has 0 saturated carbocycles. The minimum Gasteiger partial charge on any atom is -0.488 e. The number of ether oxygens (including phenoxy) is 1. The normalized spacial score (nSPS) is 11.9. The molecule has 2 N–H and O–H groups in total. The van der Waals surface area contributed by atoms with E-state index in [9.17, 15) is 14.0 Å². The van der Waals surface area contributed by atoms with Gasteiger partial charge in [0, 0.05) is 26.2 Å². The summed E-state index contributed by atoms with van der Waals surface area (Å²) in [5.41, 5.74) is 4.19. The lowest BCUT2D eigenvalue weighted by atomic mass is 10.0. The molecule has 3 aromatic rings. The Bertz CT molecular complexity index is 1220. The third-order valence-electron chi connectivity index (χ3n) is 5.03. The second-order valence-electron chi connectivity index (χ2n) is 8.00. The molecule has 3 rings (SSSR count). The standard InChI is InChI=1S/C26H24BrClFN3O3/c1-16(2)24(31-25(33)17-7-10-21(29)11-8-17)26(34)32-30-14-19-13-20(27)9-12-23(19)35-15-18-5-3-4-6-22(18)28/h3-14,16,24H,15H2,1-2H3,(H,31,33)(H,32,34). The second kappa shape index (κ2) is 12.5. The van der Waals surface area contributed by atoms with E-state index in [0.29, 0.717) is 16.3 Å². The van der Waals surface area contributed by atoms with Crippen molar-refractivity contribution >= 4 is 45.6 Å². The van der Waals surface area contributed by atoms with Crippen LogP contribution in [0.5, 0.6) is 5.75 Å². The van der Waals surface area contributed by atoms with Crippen molar-refractivity contribution in [3.8, 4) is 5.75 Å². The summed E-state index contributed by atoms with van der Waals surface area (Å²) in [6, 6.07) is 17.0. The Balaban J connectivity index is 1.67. The summed E-state index contributed by atoms with van der Waals surface area (Å²) in [5.74, 6) is -1.08. The molecule has 0 saturated heterocycles. The van der Waals surface area contributed by atoms with Crippen molar-refractivity contribution in [1.29, 1.82) is 0 Å². The maximum Gasteiger partial charge on any atom is 0.262 e. The van der Waals surface area contributed by atoms with Crippen LogP contribution in [0.1, 0.15) is 35.3 Å². The summed E-state index contributed by atoms with van der Waals surface area (Å²) in [7, 11) is 0. The fourth-order valence-corrected chi connectivity index (χ4v) is 3.69. The van der Waals surface area contributed by atoms with Crippen molar-refractivity contribution in [1.82, 2.24) is 10.7 Å². The molecule has 35 heavy (non-hydrogen) atoms. The number of rotatable bonds is 9. The Labute approximate surface area is 216 Å². The summed E-state index contributed by atoms with van der Waals surface area (Å²) in [4.78, 5) is 25.2. The lowest BCUT2D eigenvalue weighted by Crippen LogP contribution is -2.48. The Morgan fingerprint density at radius 3 is 2.51 bits per heavy atom.